The average Bonchev–Trinajstić information content (AvgIpc) is 2.31. The van der Waals surface area contributed by atoms with Gasteiger partial charge in [0.05, 0.1) is 6.04 Å². The molecular weight excluding hydrogens is 290 g/mol. The Morgan fingerprint density at radius 1 is 1.18 bits per heavy atom. The van der Waals surface area contributed by atoms with E-state index < -0.39 is 17.7 Å². The van der Waals surface area contributed by atoms with Crippen molar-refractivity contribution in [3.8, 4) is 0 Å². The van der Waals surface area contributed by atoms with Crippen molar-refractivity contribution in [2.75, 3.05) is 0 Å². The molecule has 0 spiro atoms. The minimum atomic E-state index is -0.740. The number of pyridine rings is 1. The molecule has 5 heteroatoms. The Bertz CT molecular complexity index is 546. The van der Waals surface area contributed by atoms with Gasteiger partial charge >= 0.3 is 0 Å². The molecule has 0 aliphatic heterocycles. The zero-order chi connectivity index (χ0) is 12.4. The molecule has 1 aromatic carbocycles. The van der Waals surface area contributed by atoms with E-state index in [0.29, 0.717) is 5.56 Å². The molecule has 0 aliphatic carbocycles. The van der Waals surface area contributed by atoms with Crippen LogP contribution in [-0.4, -0.2) is 4.98 Å². The molecule has 2 aromatic rings. The summed E-state index contributed by atoms with van der Waals surface area (Å²) >= 11 is 3.25. The van der Waals surface area contributed by atoms with Crippen LogP contribution in [0, 0.1) is 11.6 Å². The van der Waals surface area contributed by atoms with Crippen molar-refractivity contribution >= 4 is 15.9 Å². The molecular formula is C12H9BrF2N2. The highest BCUT2D eigenvalue weighted by Crippen LogP contribution is 2.24. The predicted molar refractivity (Wildman–Crippen MR) is 64.3 cm³/mol. The van der Waals surface area contributed by atoms with E-state index in [1.807, 2.05) is 0 Å². The third kappa shape index (κ3) is 2.68. The molecule has 1 atom stereocenters. The molecule has 2 nitrogen and oxygen atoms in total. The molecule has 0 saturated heterocycles. The number of rotatable bonds is 2. The predicted octanol–water partition coefficient (Wildman–Crippen LogP) is 3.17. The van der Waals surface area contributed by atoms with E-state index in [1.165, 1.54) is 6.20 Å². The van der Waals surface area contributed by atoms with Crippen LogP contribution in [0.2, 0.25) is 0 Å². The molecule has 0 aliphatic rings. The van der Waals surface area contributed by atoms with Gasteiger partial charge in [-0.25, -0.2) is 8.78 Å². The third-order valence-corrected chi connectivity index (χ3v) is 2.81. The van der Waals surface area contributed by atoms with Crippen molar-refractivity contribution in [2.45, 2.75) is 6.04 Å². The van der Waals surface area contributed by atoms with Crippen LogP contribution in [-0.2, 0) is 0 Å². The number of nitrogens with zero attached hydrogens (tertiary/aromatic N) is 1. The summed E-state index contributed by atoms with van der Waals surface area (Å²) in [5, 5.41) is 0. The summed E-state index contributed by atoms with van der Waals surface area (Å²) in [4.78, 5) is 3.94. The zero-order valence-electron chi connectivity index (χ0n) is 8.70. The molecule has 1 aromatic heterocycles. The quantitative estimate of drug-likeness (QED) is 0.925. The molecule has 88 valence electrons. The summed E-state index contributed by atoms with van der Waals surface area (Å²) < 4.78 is 27.3. The van der Waals surface area contributed by atoms with E-state index in [9.17, 15) is 8.78 Å². The minimum absolute atomic E-state index is 0.116. The summed E-state index contributed by atoms with van der Waals surface area (Å²) in [6, 6.07) is 4.21. The maximum Gasteiger partial charge on any atom is 0.128 e. The van der Waals surface area contributed by atoms with Crippen LogP contribution in [0.1, 0.15) is 17.2 Å². The highest BCUT2D eigenvalue weighted by molar-refractivity contribution is 9.10. The molecule has 2 N–H and O–H groups in total. The van der Waals surface area contributed by atoms with E-state index in [-0.39, 0.29) is 5.56 Å². The van der Waals surface area contributed by atoms with E-state index in [2.05, 4.69) is 20.9 Å². The normalized spacial score (nSPS) is 12.5. The van der Waals surface area contributed by atoms with Crippen molar-refractivity contribution < 1.29 is 8.78 Å². The maximum atomic E-state index is 13.5. The van der Waals surface area contributed by atoms with Crippen LogP contribution >= 0.6 is 15.9 Å². The van der Waals surface area contributed by atoms with E-state index in [0.717, 1.165) is 22.7 Å². The van der Waals surface area contributed by atoms with Crippen molar-refractivity contribution in [3.63, 3.8) is 0 Å². The number of benzene rings is 1. The van der Waals surface area contributed by atoms with E-state index in [4.69, 9.17) is 5.73 Å². The Morgan fingerprint density at radius 3 is 2.65 bits per heavy atom. The molecule has 0 radical (unpaired) electrons. The van der Waals surface area contributed by atoms with Crippen LogP contribution in [0.5, 0.6) is 0 Å². The summed E-state index contributed by atoms with van der Waals surface area (Å²) in [6.45, 7) is 0. The van der Waals surface area contributed by atoms with Crippen LogP contribution in [0.4, 0.5) is 8.78 Å². The van der Waals surface area contributed by atoms with Gasteiger partial charge in [0.15, 0.2) is 0 Å². The summed E-state index contributed by atoms with van der Waals surface area (Å²) in [5.41, 5.74) is 6.62. The van der Waals surface area contributed by atoms with Crippen LogP contribution in [0.3, 0.4) is 0 Å². The van der Waals surface area contributed by atoms with Crippen LogP contribution < -0.4 is 5.73 Å². The molecule has 0 amide bonds. The Labute approximate surface area is 106 Å². The molecule has 17 heavy (non-hydrogen) atoms. The first-order chi connectivity index (χ1) is 8.08. The van der Waals surface area contributed by atoms with Crippen LogP contribution in [0.15, 0.2) is 41.1 Å². The van der Waals surface area contributed by atoms with Gasteiger partial charge in [-0.15, -0.1) is 0 Å². The van der Waals surface area contributed by atoms with Gasteiger partial charge in [0.1, 0.15) is 11.6 Å². The van der Waals surface area contributed by atoms with E-state index in [1.54, 1.807) is 12.3 Å². The fourth-order valence-corrected chi connectivity index (χ4v) is 1.91. The summed E-state index contributed by atoms with van der Waals surface area (Å²) in [7, 11) is 0. The molecule has 2 rings (SSSR count). The molecule has 0 saturated carbocycles. The van der Waals surface area contributed by atoms with Gasteiger partial charge in [-0.2, -0.15) is 0 Å². The van der Waals surface area contributed by atoms with Crippen molar-refractivity contribution in [3.05, 3.63) is 63.9 Å². The topological polar surface area (TPSA) is 38.9 Å². The van der Waals surface area contributed by atoms with Gasteiger partial charge in [-0.1, -0.05) is 0 Å². The second-order valence-electron chi connectivity index (χ2n) is 3.58. The number of hydrogen-bond acceptors (Lipinski definition) is 2. The average molecular weight is 299 g/mol. The van der Waals surface area contributed by atoms with Crippen molar-refractivity contribution in [1.29, 1.82) is 0 Å². The smallest absolute Gasteiger partial charge is 0.128 e. The van der Waals surface area contributed by atoms with Crippen LogP contribution in [0.25, 0.3) is 0 Å². The molecule has 0 fully saturated rings. The number of aromatic nitrogens is 1. The maximum absolute atomic E-state index is 13.5. The number of nitrogens with two attached hydrogens (primary N) is 1. The largest absolute Gasteiger partial charge is 0.320 e. The molecule has 0 bridgehead atoms. The Morgan fingerprint density at radius 2 is 1.94 bits per heavy atom. The van der Waals surface area contributed by atoms with Gasteiger partial charge in [0.25, 0.3) is 0 Å². The highest BCUT2D eigenvalue weighted by atomic mass is 79.9. The second kappa shape index (κ2) is 4.89. The van der Waals surface area contributed by atoms with Gasteiger partial charge < -0.3 is 5.73 Å². The first-order valence-corrected chi connectivity index (χ1v) is 5.68. The van der Waals surface area contributed by atoms with Gasteiger partial charge in [0.2, 0.25) is 0 Å². The minimum Gasteiger partial charge on any atom is -0.320 e. The monoisotopic (exact) mass is 298 g/mol. The lowest BCUT2D eigenvalue weighted by molar-refractivity contribution is 0.576. The lowest BCUT2D eigenvalue weighted by Crippen LogP contribution is -2.14. The Balaban J connectivity index is 2.43. The Hall–Kier alpha value is -1.33. The highest BCUT2D eigenvalue weighted by Gasteiger charge is 2.15. The fourth-order valence-electron chi connectivity index (χ4n) is 1.53. The summed E-state index contributed by atoms with van der Waals surface area (Å²) in [6.07, 6.45) is 3.12. The van der Waals surface area contributed by atoms with Gasteiger partial charge in [-0.05, 0) is 45.8 Å². The van der Waals surface area contributed by atoms with Crippen molar-refractivity contribution in [1.82, 2.24) is 4.98 Å². The van der Waals surface area contributed by atoms with Crippen molar-refractivity contribution in [2.24, 2.45) is 5.73 Å². The fraction of sp³-hybridized carbons (Fsp3) is 0.0833. The molecule has 1 heterocycles. The van der Waals surface area contributed by atoms with Gasteiger partial charge in [0, 0.05) is 22.4 Å². The number of hydrogen-bond donors (Lipinski definition) is 1. The summed E-state index contributed by atoms with van der Waals surface area (Å²) in [5.74, 6) is -1.04. The van der Waals surface area contributed by atoms with Gasteiger partial charge in [-0.3, -0.25) is 4.98 Å². The number of halogens is 3. The zero-order valence-corrected chi connectivity index (χ0v) is 10.3. The Kier molecular flexibility index (Phi) is 3.49. The lowest BCUT2D eigenvalue weighted by atomic mass is 10.0. The lowest BCUT2D eigenvalue weighted by Gasteiger charge is -2.13. The second-order valence-corrected chi connectivity index (χ2v) is 4.50. The first kappa shape index (κ1) is 12.1. The van der Waals surface area contributed by atoms with E-state index >= 15 is 0 Å². The SMILES string of the molecule is NC(c1cncc(Br)c1)c1cc(F)ccc1F. The molecule has 1 unspecified atom stereocenters. The standard InChI is InChI=1S/C12H9BrF2N2/c13-8-3-7(5-17-6-8)12(16)10-4-9(14)1-2-11(10)15/h1-6,12H,16H2. The first-order valence-electron chi connectivity index (χ1n) is 4.89. The third-order valence-electron chi connectivity index (χ3n) is 2.38.